The van der Waals surface area contributed by atoms with Crippen LogP contribution in [0.25, 0.3) is 11.4 Å². The van der Waals surface area contributed by atoms with Crippen molar-refractivity contribution < 1.29 is 23.5 Å². The average Bonchev–Trinajstić information content (AvgIpc) is 3.31. The number of esters is 1. The van der Waals surface area contributed by atoms with Crippen LogP contribution in [0.2, 0.25) is 0 Å². The highest BCUT2D eigenvalue weighted by Crippen LogP contribution is 2.31. The molecular weight excluding hydrogens is 386 g/mol. The normalized spacial score (nSPS) is 10.7. The van der Waals surface area contributed by atoms with E-state index in [2.05, 4.69) is 10.1 Å². The number of hydrogen-bond donors (Lipinski definition) is 0. The molecule has 0 aliphatic carbocycles. The Morgan fingerprint density at radius 3 is 2.71 bits per heavy atom. The van der Waals surface area contributed by atoms with Crippen LogP contribution in [-0.4, -0.2) is 34.9 Å². The maximum atomic E-state index is 11.9. The number of ether oxygens (including phenoxy) is 3. The first-order valence-electron chi connectivity index (χ1n) is 8.37. The van der Waals surface area contributed by atoms with Crippen molar-refractivity contribution in [2.45, 2.75) is 26.5 Å². The van der Waals surface area contributed by atoms with Gasteiger partial charge in [0.15, 0.2) is 18.1 Å². The van der Waals surface area contributed by atoms with E-state index in [9.17, 15) is 9.59 Å². The maximum Gasteiger partial charge on any atom is 0.308 e. The number of hydrogen-bond acceptors (Lipinski definition) is 9. The van der Waals surface area contributed by atoms with Crippen molar-refractivity contribution in [3.63, 3.8) is 0 Å². The molecule has 0 amide bonds. The first-order valence-corrected chi connectivity index (χ1v) is 9.25. The zero-order valence-electron chi connectivity index (χ0n) is 15.6. The molecule has 0 aliphatic rings. The van der Waals surface area contributed by atoms with E-state index in [-0.39, 0.29) is 30.3 Å². The van der Waals surface area contributed by atoms with Crippen molar-refractivity contribution in [3.05, 3.63) is 44.8 Å². The molecule has 0 fully saturated rings. The van der Waals surface area contributed by atoms with Crippen LogP contribution in [-0.2, 0) is 22.7 Å². The van der Waals surface area contributed by atoms with Crippen molar-refractivity contribution in [2.24, 2.45) is 0 Å². The summed E-state index contributed by atoms with van der Waals surface area (Å²) in [6.45, 7) is 1.95. The minimum absolute atomic E-state index is 0.0775. The minimum Gasteiger partial charge on any atom is -0.493 e. The van der Waals surface area contributed by atoms with Crippen molar-refractivity contribution in [1.29, 1.82) is 0 Å². The van der Waals surface area contributed by atoms with E-state index in [0.29, 0.717) is 22.9 Å². The Hall–Kier alpha value is -3.14. The molecule has 0 unspecified atom stereocenters. The molecule has 0 spiro atoms. The number of benzene rings is 1. The Labute approximate surface area is 164 Å². The third-order valence-corrected chi connectivity index (χ3v) is 4.86. The van der Waals surface area contributed by atoms with Gasteiger partial charge in [-0.2, -0.15) is 4.98 Å². The van der Waals surface area contributed by atoms with E-state index in [1.54, 1.807) is 30.7 Å². The van der Waals surface area contributed by atoms with Gasteiger partial charge in [-0.1, -0.05) is 16.5 Å². The Morgan fingerprint density at radius 1 is 1.25 bits per heavy atom. The van der Waals surface area contributed by atoms with Crippen LogP contribution in [0.15, 0.2) is 32.9 Å². The molecule has 2 heterocycles. The van der Waals surface area contributed by atoms with E-state index >= 15 is 0 Å². The van der Waals surface area contributed by atoms with E-state index in [1.165, 1.54) is 11.7 Å². The fraction of sp³-hybridized carbons (Fsp3) is 0.333. The number of carbonyl (C=O) groups is 1. The van der Waals surface area contributed by atoms with Gasteiger partial charge in [-0.15, -0.1) is 0 Å². The molecule has 10 heteroatoms. The smallest absolute Gasteiger partial charge is 0.308 e. The van der Waals surface area contributed by atoms with Crippen LogP contribution in [0.1, 0.15) is 18.0 Å². The first-order chi connectivity index (χ1) is 13.5. The minimum atomic E-state index is -0.455. The molecule has 0 saturated heterocycles. The van der Waals surface area contributed by atoms with Gasteiger partial charge in [-0.3, -0.25) is 9.59 Å². The molecule has 3 rings (SSSR count). The van der Waals surface area contributed by atoms with Crippen LogP contribution in [0.4, 0.5) is 0 Å². The molecule has 3 aromatic rings. The standard InChI is InChI=1S/C18H19N3O6S/c1-11-10-28-18(23)21(11)7-6-16(22)26-9-15-19-17(20-27-15)12-4-5-13(24-2)14(8-12)25-3/h4-5,8,10H,6-7,9H2,1-3H3. The zero-order chi connectivity index (χ0) is 20.1. The van der Waals surface area contributed by atoms with Crippen molar-refractivity contribution >= 4 is 17.3 Å². The van der Waals surface area contributed by atoms with Gasteiger partial charge in [0.05, 0.1) is 20.6 Å². The van der Waals surface area contributed by atoms with Gasteiger partial charge in [-0.25, -0.2) is 0 Å². The summed E-state index contributed by atoms with van der Waals surface area (Å²) in [5.74, 6) is 1.18. The highest BCUT2D eigenvalue weighted by molar-refractivity contribution is 7.07. The number of thiazole rings is 1. The Balaban J connectivity index is 1.57. The first kappa shape index (κ1) is 19.6. The monoisotopic (exact) mass is 405 g/mol. The van der Waals surface area contributed by atoms with Crippen molar-refractivity contribution in [3.8, 4) is 22.9 Å². The lowest BCUT2D eigenvalue weighted by molar-refractivity contribution is -0.146. The predicted octanol–water partition coefficient (Wildman–Crippen LogP) is 2.42. The van der Waals surface area contributed by atoms with E-state index in [0.717, 1.165) is 17.0 Å². The second-order valence-electron chi connectivity index (χ2n) is 5.79. The summed E-state index contributed by atoms with van der Waals surface area (Å²) in [4.78, 5) is 27.7. The highest BCUT2D eigenvalue weighted by Gasteiger charge is 2.14. The summed E-state index contributed by atoms with van der Waals surface area (Å²) in [7, 11) is 3.09. The van der Waals surface area contributed by atoms with Crippen LogP contribution < -0.4 is 14.3 Å². The molecule has 0 radical (unpaired) electrons. The van der Waals surface area contributed by atoms with Gasteiger partial charge >= 0.3 is 10.8 Å². The molecule has 2 aromatic heterocycles. The molecular formula is C18H19N3O6S. The van der Waals surface area contributed by atoms with Gasteiger partial charge in [0.2, 0.25) is 5.82 Å². The van der Waals surface area contributed by atoms with Gasteiger partial charge in [0.1, 0.15) is 0 Å². The number of carbonyl (C=O) groups excluding carboxylic acids is 1. The van der Waals surface area contributed by atoms with Gasteiger partial charge in [0.25, 0.3) is 5.89 Å². The highest BCUT2D eigenvalue weighted by atomic mass is 32.1. The maximum absolute atomic E-state index is 11.9. The van der Waals surface area contributed by atoms with Crippen molar-refractivity contribution in [1.82, 2.24) is 14.7 Å². The molecule has 0 saturated carbocycles. The molecule has 0 atom stereocenters. The molecule has 148 valence electrons. The summed E-state index contributed by atoms with van der Waals surface area (Å²) in [5, 5.41) is 5.64. The van der Waals surface area contributed by atoms with Gasteiger partial charge < -0.3 is 23.3 Å². The zero-order valence-corrected chi connectivity index (χ0v) is 16.4. The van der Waals surface area contributed by atoms with Crippen LogP contribution in [0, 0.1) is 6.92 Å². The van der Waals surface area contributed by atoms with E-state index < -0.39 is 5.97 Å². The fourth-order valence-electron chi connectivity index (χ4n) is 2.50. The second kappa shape index (κ2) is 8.70. The van der Waals surface area contributed by atoms with E-state index in [1.807, 2.05) is 6.92 Å². The second-order valence-corrected chi connectivity index (χ2v) is 6.61. The molecule has 28 heavy (non-hydrogen) atoms. The Bertz CT molecular complexity index is 1020. The molecule has 0 N–H and O–H groups in total. The largest absolute Gasteiger partial charge is 0.493 e. The van der Waals surface area contributed by atoms with Crippen LogP contribution >= 0.6 is 11.3 Å². The third kappa shape index (κ3) is 4.39. The number of nitrogens with zero attached hydrogens (tertiary/aromatic N) is 3. The Morgan fingerprint density at radius 2 is 2.04 bits per heavy atom. The summed E-state index contributed by atoms with van der Waals surface area (Å²) in [6, 6.07) is 5.22. The summed E-state index contributed by atoms with van der Waals surface area (Å²) < 4.78 is 22.3. The predicted molar refractivity (Wildman–Crippen MR) is 101 cm³/mol. The number of methoxy groups -OCH3 is 2. The summed E-state index contributed by atoms with van der Waals surface area (Å²) in [5.41, 5.74) is 1.49. The molecule has 0 bridgehead atoms. The summed E-state index contributed by atoms with van der Waals surface area (Å²) >= 11 is 1.10. The number of aromatic nitrogens is 3. The molecule has 9 nitrogen and oxygen atoms in total. The van der Waals surface area contributed by atoms with E-state index in [4.69, 9.17) is 18.7 Å². The lowest BCUT2D eigenvalue weighted by Crippen LogP contribution is -2.17. The number of rotatable bonds is 8. The lowest BCUT2D eigenvalue weighted by Gasteiger charge is -2.07. The van der Waals surface area contributed by atoms with Crippen LogP contribution in [0.3, 0.4) is 0 Å². The summed E-state index contributed by atoms with van der Waals surface area (Å²) in [6.07, 6.45) is 0.0775. The van der Waals surface area contributed by atoms with Crippen molar-refractivity contribution in [2.75, 3.05) is 14.2 Å². The quantitative estimate of drug-likeness (QED) is 0.526. The fourth-order valence-corrected chi connectivity index (χ4v) is 3.26. The van der Waals surface area contributed by atoms with Gasteiger partial charge in [0, 0.05) is 23.2 Å². The lowest BCUT2D eigenvalue weighted by atomic mass is 10.2. The Kier molecular flexibility index (Phi) is 6.09. The van der Waals surface area contributed by atoms with Gasteiger partial charge in [-0.05, 0) is 25.1 Å². The average molecular weight is 405 g/mol. The van der Waals surface area contributed by atoms with Crippen LogP contribution in [0.5, 0.6) is 11.5 Å². The SMILES string of the molecule is COc1ccc(-c2noc(COC(=O)CCn3c(C)csc3=O)n2)cc1OC. The number of aryl methyl sites for hydroxylation is 1. The molecule has 1 aromatic carbocycles. The topological polar surface area (TPSA) is 106 Å². The molecule has 0 aliphatic heterocycles. The third-order valence-electron chi connectivity index (χ3n) is 3.98.